The van der Waals surface area contributed by atoms with E-state index < -0.39 is 5.67 Å². The van der Waals surface area contributed by atoms with Crippen LogP contribution in [0.15, 0.2) is 24.3 Å². The van der Waals surface area contributed by atoms with Crippen molar-refractivity contribution in [1.29, 1.82) is 0 Å². The molecule has 2 aromatic rings. The van der Waals surface area contributed by atoms with Gasteiger partial charge < -0.3 is 14.6 Å². The molecule has 1 N–H and O–H groups in total. The van der Waals surface area contributed by atoms with Gasteiger partial charge >= 0.3 is 0 Å². The average Bonchev–Trinajstić information content (AvgIpc) is 3.12. The van der Waals surface area contributed by atoms with Gasteiger partial charge in [0.05, 0.1) is 7.11 Å². The van der Waals surface area contributed by atoms with Crippen molar-refractivity contribution < 1.29 is 13.9 Å². The Morgan fingerprint density at radius 1 is 1.25 bits per heavy atom. The predicted octanol–water partition coefficient (Wildman–Crippen LogP) is 5.19. The fourth-order valence-corrected chi connectivity index (χ4v) is 5.43. The molecule has 4 rings (SSSR count). The zero-order chi connectivity index (χ0) is 20.3. The zero-order valence-electron chi connectivity index (χ0n) is 17.5. The maximum absolute atomic E-state index is 15.0. The maximum Gasteiger partial charge on any atom is 0.270 e. The number of fused-ring (bicyclic) bond motifs is 1. The van der Waals surface area contributed by atoms with Crippen LogP contribution in [0.1, 0.15) is 57.4 Å². The third-order valence-electron chi connectivity index (χ3n) is 7.26. The lowest BCUT2D eigenvalue weighted by Gasteiger charge is -2.45. The molecule has 5 heteroatoms. The summed E-state index contributed by atoms with van der Waals surface area (Å²) in [4.78, 5) is 18.9. The number of amides is 1. The van der Waals surface area contributed by atoms with Gasteiger partial charge in [0.15, 0.2) is 0 Å². The Labute approximate surface area is 166 Å². The number of hydrogen-bond acceptors (Lipinski definition) is 2. The summed E-state index contributed by atoms with van der Waals surface area (Å²) in [6.45, 7) is 9.14. The first-order valence-corrected chi connectivity index (χ1v) is 10.4. The second-order valence-electron chi connectivity index (χ2n) is 9.26. The molecule has 2 fully saturated rings. The quantitative estimate of drug-likeness (QED) is 0.768. The minimum absolute atomic E-state index is 0.0348. The Bertz CT molecular complexity index is 889. The summed E-state index contributed by atoms with van der Waals surface area (Å²) < 4.78 is 20.5. The molecule has 1 amide bonds. The Hall–Kier alpha value is -2.04. The minimum Gasteiger partial charge on any atom is -0.496 e. The third kappa shape index (κ3) is 2.73. The number of nitrogens with one attached hydrogen (secondary N) is 1. The van der Waals surface area contributed by atoms with E-state index >= 15 is 4.39 Å². The van der Waals surface area contributed by atoms with E-state index in [0.717, 1.165) is 23.1 Å². The number of alkyl halides is 1. The molecule has 1 aliphatic heterocycles. The highest BCUT2D eigenvalue weighted by atomic mass is 19.1. The van der Waals surface area contributed by atoms with Gasteiger partial charge in [0, 0.05) is 28.9 Å². The highest BCUT2D eigenvalue weighted by molar-refractivity contribution is 6.00. The molecule has 1 atom stereocenters. The van der Waals surface area contributed by atoms with Crippen LogP contribution in [0.3, 0.4) is 0 Å². The monoisotopic (exact) mass is 386 g/mol. The van der Waals surface area contributed by atoms with Crippen molar-refractivity contribution >= 4 is 16.8 Å². The highest BCUT2D eigenvalue weighted by Gasteiger charge is 2.61. The van der Waals surface area contributed by atoms with Gasteiger partial charge in [-0.2, -0.15) is 0 Å². The van der Waals surface area contributed by atoms with Crippen LogP contribution in [0.25, 0.3) is 10.9 Å². The maximum atomic E-state index is 15.0. The number of halogens is 1. The molecule has 0 radical (unpaired) electrons. The predicted molar refractivity (Wildman–Crippen MR) is 109 cm³/mol. The number of ether oxygens (including phenoxy) is 1. The van der Waals surface area contributed by atoms with E-state index in [9.17, 15) is 4.79 Å². The SMILES string of the molecule is COc1cccc2[nH]c(C(=O)N3CC(C4(F)CC4)CC3(C(C)C)C(C)C)cc12. The normalized spacial score (nSPS) is 23.0. The van der Waals surface area contributed by atoms with Crippen molar-refractivity contribution in [2.45, 2.75) is 58.2 Å². The second-order valence-corrected chi connectivity index (χ2v) is 9.26. The lowest BCUT2D eigenvalue weighted by Crippen LogP contribution is -2.54. The van der Waals surface area contributed by atoms with Crippen LogP contribution in [0, 0.1) is 17.8 Å². The fraction of sp³-hybridized carbons (Fsp3) is 0.609. The van der Waals surface area contributed by atoms with E-state index in [1.54, 1.807) is 7.11 Å². The third-order valence-corrected chi connectivity index (χ3v) is 7.26. The number of rotatable bonds is 5. The van der Waals surface area contributed by atoms with E-state index in [0.29, 0.717) is 25.1 Å². The fourth-order valence-electron chi connectivity index (χ4n) is 5.43. The molecule has 1 saturated heterocycles. The van der Waals surface area contributed by atoms with Crippen LogP contribution in [-0.4, -0.2) is 40.7 Å². The summed E-state index contributed by atoms with van der Waals surface area (Å²) in [6, 6.07) is 7.62. The van der Waals surface area contributed by atoms with Gasteiger partial charge in [0.1, 0.15) is 17.1 Å². The second kappa shape index (κ2) is 6.50. The number of carbonyl (C=O) groups is 1. The van der Waals surface area contributed by atoms with Gasteiger partial charge in [-0.3, -0.25) is 4.79 Å². The Balaban J connectivity index is 1.75. The molecule has 1 saturated carbocycles. The van der Waals surface area contributed by atoms with Crippen LogP contribution in [0.5, 0.6) is 5.75 Å². The van der Waals surface area contributed by atoms with Gasteiger partial charge in [0.25, 0.3) is 5.91 Å². The first-order valence-electron chi connectivity index (χ1n) is 10.4. The lowest BCUT2D eigenvalue weighted by molar-refractivity contribution is 0.0291. The van der Waals surface area contributed by atoms with Crippen molar-refractivity contribution in [3.63, 3.8) is 0 Å². The van der Waals surface area contributed by atoms with Crippen LogP contribution >= 0.6 is 0 Å². The van der Waals surface area contributed by atoms with Crippen molar-refractivity contribution in [1.82, 2.24) is 9.88 Å². The molecule has 0 bridgehead atoms. The van der Waals surface area contributed by atoms with E-state index in [4.69, 9.17) is 4.74 Å². The molecular weight excluding hydrogens is 355 g/mol. The molecule has 2 heterocycles. The smallest absolute Gasteiger partial charge is 0.270 e. The number of carbonyl (C=O) groups excluding carboxylic acids is 1. The minimum atomic E-state index is -1.08. The summed E-state index contributed by atoms with van der Waals surface area (Å²) >= 11 is 0. The van der Waals surface area contributed by atoms with Crippen LogP contribution < -0.4 is 4.74 Å². The molecule has 0 spiro atoms. The molecule has 28 heavy (non-hydrogen) atoms. The van der Waals surface area contributed by atoms with E-state index in [1.807, 2.05) is 29.2 Å². The van der Waals surface area contributed by atoms with Gasteiger partial charge in [-0.25, -0.2) is 4.39 Å². The van der Waals surface area contributed by atoms with Crippen LogP contribution in [0.2, 0.25) is 0 Å². The van der Waals surface area contributed by atoms with E-state index in [2.05, 4.69) is 32.7 Å². The lowest BCUT2D eigenvalue weighted by atomic mass is 9.72. The molecule has 1 aromatic carbocycles. The first kappa shape index (κ1) is 19.3. The number of nitrogens with zero attached hydrogens (tertiary/aromatic N) is 1. The molecule has 1 aromatic heterocycles. The molecule has 152 valence electrons. The van der Waals surface area contributed by atoms with Crippen LogP contribution in [0.4, 0.5) is 4.39 Å². The molecule has 2 aliphatic rings. The largest absolute Gasteiger partial charge is 0.496 e. The van der Waals surface area contributed by atoms with Crippen LogP contribution in [-0.2, 0) is 0 Å². The van der Waals surface area contributed by atoms with Crippen molar-refractivity contribution in [2.75, 3.05) is 13.7 Å². The van der Waals surface area contributed by atoms with Crippen molar-refractivity contribution in [3.05, 3.63) is 30.0 Å². The number of hydrogen-bond donors (Lipinski definition) is 1. The molecule has 1 aliphatic carbocycles. The summed E-state index contributed by atoms with van der Waals surface area (Å²) in [6.07, 6.45) is 2.01. The number of aromatic nitrogens is 1. The van der Waals surface area contributed by atoms with E-state index in [-0.39, 0.29) is 29.2 Å². The van der Waals surface area contributed by atoms with Gasteiger partial charge in [-0.1, -0.05) is 33.8 Å². The Morgan fingerprint density at radius 3 is 2.50 bits per heavy atom. The Morgan fingerprint density at radius 2 is 1.93 bits per heavy atom. The van der Waals surface area contributed by atoms with Gasteiger partial charge in [-0.05, 0) is 49.3 Å². The number of likely N-dealkylation sites (tertiary alicyclic amines) is 1. The topological polar surface area (TPSA) is 45.3 Å². The summed E-state index contributed by atoms with van der Waals surface area (Å²) in [5.74, 6) is 1.14. The first-order chi connectivity index (χ1) is 13.2. The molecule has 4 nitrogen and oxygen atoms in total. The zero-order valence-corrected chi connectivity index (χ0v) is 17.5. The number of H-pyrrole nitrogens is 1. The number of methoxy groups -OCH3 is 1. The highest BCUT2D eigenvalue weighted by Crippen LogP contribution is 2.56. The summed E-state index contributed by atoms with van der Waals surface area (Å²) in [5, 5.41) is 0.896. The van der Waals surface area contributed by atoms with Gasteiger partial charge in [-0.15, -0.1) is 0 Å². The van der Waals surface area contributed by atoms with Gasteiger partial charge in [0.2, 0.25) is 0 Å². The van der Waals surface area contributed by atoms with Crippen molar-refractivity contribution in [2.24, 2.45) is 17.8 Å². The number of aromatic amines is 1. The molecule has 1 unspecified atom stereocenters. The van der Waals surface area contributed by atoms with Crippen molar-refractivity contribution in [3.8, 4) is 5.75 Å². The Kier molecular flexibility index (Phi) is 4.48. The summed E-state index contributed by atoms with van der Waals surface area (Å²) in [7, 11) is 1.63. The van der Waals surface area contributed by atoms with E-state index in [1.165, 1.54) is 0 Å². The standard InChI is InChI=1S/C23H31FN2O2/c1-14(2)23(15(3)4)12-16(22(24)9-10-22)13-26(23)21(27)19-11-17-18(25-19)7-6-8-20(17)28-5/h6-8,11,14-16,25H,9-10,12-13H2,1-5H3. The average molecular weight is 387 g/mol. The summed E-state index contributed by atoms with van der Waals surface area (Å²) in [5.41, 5.74) is 0.0234. The number of benzene rings is 1. The molecular formula is C23H31FN2O2.